The molecule has 1 aromatic rings. The van der Waals surface area contributed by atoms with Crippen molar-refractivity contribution >= 4 is 0 Å². The lowest BCUT2D eigenvalue weighted by atomic mass is 9.95. The van der Waals surface area contributed by atoms with Crippen LogP contribution in [0, 0.1) is 6.92 Å². The van der Waals surface area contributed by atoms with Crippen LogP contribution in [-0.2, 0) is 4.74 Å². The van der Waals surface area contributed by atoms with Crippen LogP contribution in [0.3, 0.4) is 0 Å². The van der Waals surface area contributed by atoms with Crippen LogP contribution in [0.2, 0.25) is 0 Å². The minimum Gasteiger partial charge on any atom is -0.357 e. The molecule has 2 atom stereocenters. The maximum Gasteiger partial charge on any atom is 0.102 e. The van der Waals surface area contributed by atoms with E-state index in [-0.39, 0.29) is 12.2 Å². The predicted octanol–water partition coefficient (Wildman–Crippen LogP) is 2.68. The van der Waals surface area contributed by atoms with Gasteiger partial charge < -0.3 is 4.74 Å². The molecular weight excluding hydrogens is 148 g/mol. The minimum atomic E-state index is 0.241. The number of rotatable bonds is 0. The van der Waals surface area contributed by atoms with Crippen molar-refractivity contribution in [3.8, 4) is 0 Å². The van der Waals surface area contributed by atoms with Gasteiger partial charge in [-0.1, -0.05) is 35.9 Å². The first kappa shape index (κ1) is 6.44. The van der Waals surface area contributed by atoms with Crippen molar-refractivity contribution in [1.29, 1.82) is 0 Å². The topological polar surface area (TPSA) is 9.23 Å². The van der Waals surface area contributed by atoms with Gasteiger partial charge in [0.2, 0.25) is 0 Å². The Morgan fingerprint density at radius 1 is 1.08 bits per heavy atom. The SMILES string of the molecule is Cc1ccc2c(c1)[C@H]1C=C[C@@H]2O1. The second-order valence-corrected chi connectivity index (χ2v) is 3.49. The second-order valence-electron chi connectivity index (χ2n) is 3.49. The fraction of sp³-hybridized carbons (Fsp3) is 0.273. The van der Waals surface area contributed by atoms with Crippen LogP contribution >= 0.6 is 0 Å². The standard InChI is InChI=1S/C11H10O/c1-7-2-3-8-9(6-7)11-5-4-10(8)12-11/h2-6,10-11H,1H3/t10-,11+/m0/s1. The van der Waals surface area contributed by atoms with E-state index in [1.807, 2.05) is 0 Å². The highest BCUT2D eigenvalue weighted by Crippen LogP contribution is 2.45. The van der Waals surface area contributed by atoms with Crippen LogP contribution < -0.4 is 0 Å². The highest BCUT2D eigenvalue weighted by Gasteiger charge is 2.32. The maximum atomic E-state index is 5.69. The zero-order chi connectivity index (χ0) is 8.13. The van der Waals surface area contributed by atoms with Crippen molar-refractivity contribution in [2.45, 2.75) is 19.1 Å². The van der Waals surface area contributed by atoms with Crippen molar-refractivity contribution in [2.75, 3.05) is 0 Å². The smallest absolute Gasteiger partial charge is 0.102 e. The quantitative estimate of drug-likeness (QED) is 0.527. The first-order valence-corrected chi connectivity index (χ1v) is 4.29. The van der Waals surface area contributed by atoms with Crippen molar-refractivity contribution < 1.29 is 4.74 Å². The number of aryl methyl sites for hydroxylation is 1. The van der Waals surface area contributed by atoms with Crippen LogP contribution in [0.25, 0.3) is 0 Å². The van der Waals surface area contributed by atoms with Crippen molar-refractivity contribution in [3.05, 3.63) is 47.0 Å². The molecule has 1 nitrogen and oxygen atoms in total. The first-order chi connectivity index (χ1) is 5.84. The monoisotopic (exact) mass is 158 g/mol. The van der Waals surface area contributed by atoms with E-state index >= 15 is 0 Å². The van der Waals surface area contributed by atoms with E-state index in [4.69, 9.17) is 4.74 Å². The third-order valence-electron chi connectivity index (χ3n) is 2.61. The summed E-state index contributed by atoms with van der Waals surface area (Å²) in [5.74, 6) is 0. The Labute approximate surface area is 71.7 Å². The Morgan fingerprint density at radius 3 is 2.67 bits per heavy atom. The molecular formula is C11H10O. The number of hydrogen-bond acceptors (Lipinski definition) is 1. The summed E-state index contributed by atoms with van der Waals surface area (Å²) in [7, 11) is 0. The van der Waals surface area contributed by atoms with Gasteiger partial charge in [-0.05, 0) is 18.1 Å². The van der Waals surface area contributed by atoms with Crippen LogP contribution in [0.4, 0.5) is 0 Å². The summed E-state index contributed by atoms with van der Waals surface area (Å²) in [6.07, 6.45) is 4.77. The van der Waals surface area contributed by atoms with Gasteiger partial charge in [0, 0.05) is 0 Å². The fourth-order valence-corrected chi connectivity index (χ4v) is 2.00. The summed E-state index contributed by atoms with van der Waals surface area (Å²) in [5.41, 5.74) is 4.04. The van der Waals surface area contributed by atoms with Crippen LogP contribution in [0.15, 0.2) is 30.4 Å². The minimum absolute atomic E-state index is 0.241. The van der Waals surface area contributed by atoms with Crippen LogP contribution in [0.5, 0.6) is 0 Å². The lowest BCUT2D eigenvalue weighted by Crippen LogP contribution is -1.92. The molecule has 0 saturated carbocycles. The highest BCUT2D eigenvalue weighted by atomic mass is 16.5. The molecule has 2 aliphatic rings. The number of ether oxygens (including phenoxy) is 1. The van der Waals surface area contributed by atoms with Gasteiger partial charge in [-0.2, -0.15) is 0 Å². The summed E-state index contributed by atoms with van der Waals surface area (Å²) in [4.78, 5) is 0. The summed E-state index contributed by atoms with van der Waals surface area (Å²) >= 11 is 0. The molecule has 1 aromatic carbocycles. The predicted molar refractivity (Wildman–Crippen MR) is 46.9 cm³/mol. The van der Waals surface area contributed by atoms with E-state index in [0.29, 0.717) is 0 Å². The average Bonchev–Trinajstić information content (AvgIpc) is 2.63. The summed E-state index contributed by atoms with van der Waals surface area (Å²) in [6.45, 7) is 2.12. The van der Waals surface area contributed by atoms with Crippen molar-refractivity contribution in [3.63, 3.8) is 0 Å². The van der Waals surface area contributed by atoms with Gasteiger partial charge in [-0.3, -0.25) is 0 Å². The van der Waals surface area contributed by atoms with Gasteiger partial charge in [0.1, 0.15) is 12.2 Å². The molecule has 0 spiro atoms. The molecule has 0 aromatic heterocycles. The molecule has 12 heavy (non-hydrogen) atoms. The lowest BCUT2D eigenvalue weighted by Gasteiger charge is -2.06. The van der Waals surface area contributed by atoms with E-state index in [0.717, 1.165) is 0 Å². The van der Waals surface area contributed by atoms with Crippen molar-refractivity contribution in [2.24, 2.45) is 0 Å². The molecule has 2 aliphatic heterocycles. The molecule has 0 fully saturated rings. The average molecular weight is 158 g/mol. The molecule has 0 aliphatic carbocycles. The zero-order valence-corrected chi connectivity index (χ0v) is 6.95. The Bertz CT molecular complexity index is 365. The third kappa shape index (κ3) is 0.669. The molecule has 1 heteroatoms. The fourth-order valence-electron chi connectivity index (χ4n) is 2.00. The molecule has 60 valence electrons. The van der Waals surface area contributed by atoms with E-state index in [1.54, 1.807) is 0 Å². The Hall–Kier alpha value is -1.08. The van der Waals surface area contributed by atoms with Gasteiger partial charge >= 0.3 is 0 Å². The molecule has 3 rings (SSSR count). The molecule has 2 bridgehead atoms. The summed E-state index contributed by atoms with van der Waals surface area (Å²) < 4.78 is 5.69. The molecule has 0 amide bonds. The highest BCUT2D eigenvalue weighted by molar-refractivity contribution is 5.44. The van der Waals surface area contributed by atoms with Gasteiger partial charge in [-0.15, -0.1) is 0 Å². The van der Waals surface area contributed by atoms with Gasteiger partial charge in [-0.25, -0.2) is 0 Å². The molecule has 0 unspecified atom stereocenters. The molecule has 2 heterocycles. The number of benzene rings is 1. The normalized spacial score (nSPS) is 29.4. The van der Waals surface area contributed by atoms with Gasteiger partial charge in [0.15, 0.2) is 0 Å². The van der Waals surface area contributed by atoms with Gasteiger partial charge in [0.05, 0.1) is 0 Å². The lowest BCUT2D eigenvalue weighted by molar-refractivity contribution is 0.0878. The first-order valence-electron chi connectivity index (χ1n) is 4.29. The largest absolute Gasteiger partial charge is 0.357 e. The molecule has 0 N–H and O–H groups in total. The number of hydrogen-bond donors (Lipinski definition) is 0. The Balaban J connectivity index is 2.24. The van der Waals surface area contributed by atoms with E-state index < -0.39 is 0 Å². The second kappa shape index (κ2) is 1.99. The van der Waals surface area contributed by atoms with Crippen LogP contribution in [0.1, 0.15) is 28.9 Å². The maximum absolute atomic E-state index is 5.69. The molecule has 0 saturated heterocycles. The van der Waals surface area contributed by atoms with Crippen LogP contribution in [-0.4, -0.2) is 0 Å². The summed E-state index contributed by atoms with van der Waals surface area (Å²) in [5, 5.41) is 0. The number of fused-ring (bicyclic) bond motifs is 5. The van der Waals surface area contributed by atoms with Crippen molar-refractivity contribution in [1.82, 2.24) is 0 Å². The van der Waals surface area contributed by atoms with Gasteiger partial charge in [0.25, 0.3) is 0 Å². The zero-order valence-electron chi connectivity index (χ0n) is 6.95. The Morgan fingerprint density at radius 2 is 1.83 bits per heavy atom. The third-order valence-corrected chi connectivity index (χ3v) is 2.61. The van der Waals surface area contributed by atoms with E-state index in [9.17, 15) is 0 Å². The van der Waals surface area contributed by atoms with E-state index in [2.05, 4.69) is 37.3 Å². The Kier molecular flexibility index (Phi) is 1.07. The molecule has 0 radical (unpaired) electrons. The van der Waals surface area contributed by atoms with E-state index in [1.165, 1.54) is 16.7 Å². The summed E-state index contributed by atoms with van der Waals surface area (Å²) in [6, 6.07) is 6.55.